The molecule has 0 N–H and O–H groups in total. The summed E-state index contributed by atoms with van der Waals surface area (Å²) in [6.45, 7) is 62.8. The highest BCUT2D eigenvalue weighted by Gasteiger charge is 2.13. The van der Waals surface area contributed by atoms with Gasteiger partial charge in [0, 0.05) is 0 Å². The highest BCUT2D eigenvalue weighted by Crippen LogP contribution is 2.24. The highest BCUT2D eigenvalue weighted by molar-refractivity contribution is 4.64. The Bertz CT molecular complexity index is 440. The van der Waals surface area contributed by atoms with Crippen molar-refractivity contribution in [3.63, 3.8) is 0 Å². The van der Waals surface area contributed by atoms with Gasteiger partial charge in [-0.1, -0.05) is 252 Å². The van der Waals surface area contributed by atoms with Gasteiger partial charge in [-0.2, -0.15) is 0 Å². The molecule has 0 saturated carbocycles. The van der Waals surface area contributed by atoms with E-state index in [1.54, 1.807) is 0 Å². The van der Waals surface area contributed by atoms with E-state index in [2.05, 4.69) is 194 Å². The maximum absolute atomic E-state index is 2.30. The Kier molecular flexibility index (Phi) is 64.0. The first-order chi connectivity index (χ1) is 21.2. The molecular formula is C47H110. The maximum atomic E-state index is 2.30. The minimum absolute atomic E-state index is 0.500. The summed E-state index contributed by atoms with van der Waals surface area (Å²) in [7, 11) is 0. The SMILES string of the molecule is CC(C)C(C)(C)C.CC(C)C(C)C.CCC(C)(C)CC.CCC(C)C.CCC(C)C.CCC(C)C(C)C.CCC(C)CC.CCCC. The fourth-order valence-corrected chi connectivity index (χ4v) is 1.01. The van der Waals surface area contributed by atoms with E-state index in [9.17, 15) is 0 Å². The van der Waals surface area contributed by atoms with Gasteiger partial charge in [0.25, 0.3) is 0 Å². The Balaban J connectivity index is -0.0000000620. The summed E-state index contributed by atoms with van der Waals surface area (Å²) in [5.74, 6) is 6.97. The molecule has 0 spiro atoms. The Labute approximate surface area is 309 Å². The number of unbranched alkanes of at least 4 members (excludes halogenated alkanes) is 1. The molecule has 0 bridgehead atoms. The van der Waals surface area contributed by atoms with E-state index in [1.807, 2.05) is 0 Å². The number of hydrogen-bond donors (Lipinski definition) is 0. The lowest BCUT2D eigenvalue weighted by Gasteiger charge is -2.22. The summed E-state index contributed by atoms with van der Waals surface area (Å²) in [6.07, 6.45) is 11.8. The van der Waals surface area contributed by atoms with Crippen LogP contribution >= 0.6 is 0 Å². The summed E-state index contributed by atoms with van der Waals surface area (Å²) in [4.78, 5) is 0. The molecule has 0 nitrogen and oxygen atoms in total. The zero-order valence-corrected chi connectivity index (χ0v) is 40.0. The van der Waals surface area contributed by atoms with Gasteiger partial charge in [-0.25, -0.2) is 0 Å². The van der Waals surface area contributed by atoms with Crippen LogP contribution in [0.2, 0.25) is 0 Å². The lowest BCUT2D eigenvalue weighted by Crippen LogP contribution is -2.12. The Morgan fingerprint density at radius 1 is 0.362 bits per heavy atom. The number of hydrogen-bond acceptors (Lipinski definition) is 0. The van der Waals surface area contributed by atoms with Crippen molar-refractivity contribution in [2.24, 2.45) is 58.2 Å². The van der Waals surface area contributed by atoms with Gasteiger partial charge in [-0.05, 0) is 58.2 Å². The molecule has 0 radical (unpaired) electrons. The van der Waals surface area contributed by atoms with Gasteiger partial charge >= 0.3 is 0 Å². The minimum atomic E-state index is 0.500. The molecule has 0 heteroatoms. The van der Waals surface area contributed by atoms with Crippen molar-refractivity contribution in [2.45, 2.75) is 252 Å². The third-order valence-corrected chi connectivity index (χ3v) is 10.3. The average molecular weight is 675 g/mol. The molecule has 0 aromatic rings. The van der Waals surface area contributed by atoms with Gasteiger partial charge in [0.2, 0.25) is 0 Å². The summed E-state index contributed by atoms with van der Waals surface area (Å²) in [6, 6.07) is 0. The fourth-order valence-electron chi connectivity index (χ4n) is 1.01. The Hall–Kier alpha value is 0. The second kappa shape index (κ2) is 46.0. The van der Waals surface area contributed by atoms with Crippen LogP contribution in [0.5, 0.6) is 0 Å². The normalized spacial score (nSPS) is 11.3. The van der Waals surface area contributed by atoms with Gasteiger partial charge in [0.05, 0.1) is 0 Å². The van der Waals surface area contributed by atoms with Crippen molar-refractivity contribution in [3.8, 4) is 0 Å². The van der Waals surface area contributed by atoms with Crippen LogP contribution in [0.15, 0.2) is 0 Å². The van der Waals surface area contributed by atoms with Gasteiger partial charge in [-0.15, -0.1) is 0 Å². The molecule has 0 aliphatic heterocycles. The van der Waals surface area contributed by atoms with Crippen molar-refractivity contribution in [1.29, 1.82) is 0 Å². The van der Waals surface area contributed by atoms with E-state index in [1.165, 1.54) is 57.8 Å². The third kappa shape index (κ3) is 92.7. The van der Waals surface area contributed by atoms with E-state index in [0.29, 0.717) is 10.8 Å². The zero-order valence-electron chi connectivity index (χ0n) is 40.0. The molecule has 0 aromatic carbocycles. The van der Waals surface area contributed by atoms with Crippen molar-refractivity contribution in [1.82, 2.24) is 0 Å². The molecular weight excluding hydrogens is 565 g/mol. The van der Waals surface area contributed by atoms with Crippen LogP contribution in [-0.2, 0) is 0 Å². The lowest BCUT2D eigenvalue weighted by molar-refractivity contribution is 0.283. The molecule has 0 rings (SSSR count). The predicted octanol–water partition coefficient (Wildman–Crippen LogP) is 18.9. The maximum Gasteiger partial charge on any atom is -0.0359 e. The molecule has 0 fully saturated rings. The van der Waals surface area contributed by atoms with Crippen molar-refractivity contribution in [2.75, 3.05) is 0 Å². The number of rotatable bonds is 10. The molecule has 298 valence electrons. The second-order valence-electron chi connectivity index (χ2n) is 18.0. The van der Waals surface area contributed by atoms with Crippen LogP contribution < -0.4 is 0 Å². The molecule has 0 amide bonds. The van der Waals surface area contributed by atoms with Crippen LogP contribution in [0.3, 0.4) is 0 Å². The van der Waals surface area contributed by atoms with Gasteiger partial charge in [0.1, 0.15) is 0 Å². The summed E-state index contributed by atoms with van der Waals surface area (Å²) in [5, 5.41) is 0. The molecule has 47 heavy (non-hydrogen) atoms. The first-order valence-electron chi connectivity index (χ1n) is 21.2. The van der Waals surface area contributed by atoms with Gasteiger partial charge < -0.3 is 0 Å². The summed E-state index contributed by atoms with van der Waals surface area (Å²) >= 11 is 0. The lowest BCUT2D eigenvalue weighted by atomic mass is 9.84. The van der Waals surface area contributed by atoms with Crippen LogP contribution in [0, 0.1) is 58.2 Å². The van der Waals surface area contributed by atoms with E-state index in [-0.39, 0.29) is 0 Å². The van der Waals surface area contributed by atoms with Crippen LogP contribution in [0.1, 0.15) is 252 Å². The zero-order chi connectivity index (χ0) is 40.0. The van der Waals surface area contributed by atoms with Crippen molar-refractivity contribution < 1.29 is 0 Å². The smallest absolute Gasteiger partial charge is 0.0359 e. The molecule has 0 aliphatic carbocycles. The van der Waals surface area contributed by atoms with Crippen LogP contribution in [0.4, 0.5) is 0 Å². The first-order valence-corrected chi connectivity index (χ1v) is 21.2. The predicted molar refractivity (Wildman–Crippen MR) is 233 cm³/mol. The molecule has 0 aliphatic rings. The van der Waals surface area contributed by atoms with Crippen LogP contribution in [-0.4, -0.2) is 0 Å². The Morgan fingerprint density at radius 3 is 0.596 bits per heavy atom. The van der Waals surface area contributed by atoms with Crippen molar-refractivity contribution >= 4 is 0 Å². The molecule has 1 atom stereocenters. The largest absolute Gasteiger partial charge is 0.0654 e. The van der Waals surface area contributed by atoms with E-state index < -0.39 is 0 Å². The summed E-state index contributed by atoms with van der Waals surface area (Å²) in [5.41, 5.74) is 1.08. The minimum Gasteiger partial charge on any atom is -0.0654 e. The second-order valence-corrected chi connectivity index (χ2v) is 18.0. The average Bonchev–Trinajstić information content (AvgIpc) is 3.01. The standard InChI is InChI=1S/3C7H16.2C6H14.2C5H12.C4H10/c1-6(2)7(3,4)5;1-5-7(3,4)6-2;1-5-7(4)6(2)3;1-5(2)6(3)4;1-4-6(3)5-2;2*1-4-5(2)3;1-3-4-2/h6H,1-5H3;5-6H2,1-4H3;6-7H,5H2,1-4H3;5-6H,1-4H3;6H,4-5H2,1-3H3;2*5H,4H2,1-3H3;3-4H2,1-2H3. The van der Waals surface area contributed by atoms with E-state index in [4.69, 9.17) is 0 Å². The fraction of sp³-hybridized carbons (Fsp3) is 1.00. The molecule has 0 heterocycles. The van der Waals surface area contributed by atoms with Gasteiger partial charge in [0.15, 0.2) is 0 Å². The Morgan fingerprint density at radius 2 is 0.596 bits per heavy atom. The summed E-state index contributed by atoms with van der Waals surface area (Å²) < 4.78 is 0. The van der Waals surface area contributed by atoms with E-state index in [0.717, 1.165) is 47.3 Å². The van der Waals surface area contributed by atoms with Crippen LogP contribution in [0.25, 0.3) is 0 Å². The molecule has 0 saturated heterocycles. The highest BCUT2D eigenvalue weighted by atomic mass is 14.2. The molecule has 0 aromatic heterocycles. The van der Waals surface area contributed by atoms with Gasteiger partial charge in [-0.3, -0.25) is 0 Å². The van der Waals surface area contributed by atoms with Crippen molar-refractivity contribution in [3.05, 3.63) is 0 Å². The molecule has 1 unspecified atom stereocenters. The monoisotopic (exact) mass is 675 g/mol. The third-order valence-electron chi connectivity index (χ3n) is 10.3. The first kappa shape index (κ1) is 65.4. The quantitative estimate of drug-likeness (QED) is 0.216. The topological polar surface area (TPSA) is 0 Å². The van der Waals surface area contributed by atoms with E-state index >= 15 is 0 Å².